The lowest BCUT2D eigenvalue weighted by Crippen LogP contribution is -2.28. The summed E-state index contributed by atoms with van der Waals surface area (Å²) in [5.74, 6) is -0.742. The van der Waals surface area contributed by atoms with E-state index in [2.05, 4.69) is 10.3 Å². The minimum atomic E-state index is -1.04. The highest BCUT2D eigenvalue weighted by Crippen LogP contribution is 2.18. The van der Waals surface area contributed by atoms with Crippen LogP contribution >= 0.6 is 0 Å². The number of nitrogens with one attached hydrogen (secondary N) is 1. The highest BCUT2D eigenvalue weighted by atomic mass is 16.6. The van der Waals surface area contributed by atoms with Gasteiger partial charge in [0.05, 0.1) is 11.3 Å². The third kappa shape index (κ3) is 4.24. The summed E-state index contributed by atoms with van der Waals surface area (Å²) in [5, 5.41) is 11.5. The molecule has 0 saturated heterocycles. The molecule has 1 aromatic heterocycles. The molecule has 0 bridgehead atoms. The number of aryl methyl sites for hydroxylation is 2. The van der Waals surface area contributed by atoms with Crippen molar-refractivity contribution in [2.24, 2.45) is 0 Å². The Balaban J connectivity index is 2.95. The van der Waals surface area contributed by atoms with Crippen molar-refractivity contribution in [3.05, 3.63) is 22.9 Å². The highest BCUT2D eigenvalue weighted by molar-refractivity contribution is 5.90. The maximum Gasteiger partial charge on any atom is 0.413 e. The van der Waals surface area contributed by atoms with Gasteiger partial charge in [0.2, 0.25) is 0 Å². The van der Waals surface area contributed by atoms with Crippen molar-refractivity contribution in [3.8, 4) is 0 Å². The first kappa shape index (κ1) is 14.9. The average Bonchev–Trinajstić information content (AvgIpc) is 2.19. The largest absolute Gasteiger partial charge is 0.478 e. The fourth-order valence-electron chi connectivity index (χ4n) is 1.45. The van der Waals surface area contributed by atoms with Crippen molar-refractivity contribution in [3.63, 3.8) is 0 Å². The van der Waals surface area contributed by atoms with Gasteiger partial charge in [0.15, 0.2) is 0 Å². The number of aromatic carboxylic acids is 1. The Hall–Kier alpha value is -2.11. The number of amides is 1. The van der Waals surface area contributed by atoms with E-state index in [1.54, 1.807) is 34.6 Å². The number of hydrogen-bond acceptors (Lipinski definition) is 4. The van der Waals surface area contributed by atoms with E-state index in [0.717, 1.165) is 0 Å². The van der Waals surface area contributed by atoms with Crippen LogP contribution in [-0.2, 0) is 4.74 Å². The fourth-order valence-corrected chi connectivity index (χ4v) is 1.45. The minimum absolute atomic E-state index is 0.118. The van der Waals surface area contributed by atoms with Crippen molar-refractivity contribution < 1.29 is 19.4 Å². The van der Waals surface area contributed by atoms with E-state index >= 15 is 0 Å². The lowest BCUT2D eigenvalue weighted by atomic mass is 10.1. The first-order chi connectivity index (χ1) is 8.60. The van der Waals surface area contributed by atoms with Crippen LogP contribution in [0.5, 0.6) is 0 Å². The smallest absolute Gasteiger partial charge is 0.413 e. The quantitative estimate of drug-likeness (QED) is 0.859. The van der Waals surface area contributed by atoms with Gasteiger partial charge in [-0.15, -0.1) is 0 Å². The third-order valence-electron chi connectivity index (χ3n) is 2.25. The van der Waals surface area contributed by atoms with Crippen molar-refractivity contribution in [2.45, 2.75) is 40.2 Å². The SMILES string of the molecule is Cc1cc(C(=O)O)c(C)nc1NC(=O)OC(C)(C)C. The zero-order valence-corrected chi connectivity index (χ0v) is 11.7. The molecule has 0 atom stereocenters. The van der Waals surface area contributed by atoms with Gasteiger partial charge in [0.25, 0.3) is 0 Å². The summed E-state index contributed by atoms with van der Waals surface area (Å²) >= 11 is 0. The van der Waals surface area contributed by atoms with Gasteiger partial charge in [-0.25, -0.2) is 14.6 Å². The van der Waals surface area contributed by atoms with Crippen molar-refractivity contribution in [1.29, 1.82) is 0 Å². The van der Waals surface area contributed by atoms with Crippen molar-refractivity contribution >= 4 is 17.9 Å². The second-order valence-electron chi connectivity index (χ2n) is 5.22. The Morgan fingerprint density at radius 2 is 1.89 bits per heavy atom. The predicted octanol–water partition coefficient (Wildman–Crippen LogP) is 2.74. The molecule has 0 aromatic carbocycles. The molecule has 0 saturated carbocycles. The van der Waals surface area contributed by atoms with E-state index in [4.69, 9.17) is 9.84 Å². The predicted molar refractivity (Wildman–Crippen MR) is 70.5 cm³/mol. The van der Waals surface area contributed by atoms with Gasteiger partial charge in [-0.3, -0.25) is 5.32 Å². The molecule has 1 aromatic rings. The molecular weight excluding hydrogens is 248 g/mol. The van der Waals surface area contributed by atoms with Crippen LogP contribution in [0.4, 0.5) is 10.6 Å². The summed E-state index contributed by atoms with van der Waals surface area (Å²) < 4.78 is 5.11. The molecule has 6 nitrogen and oxygen atoms in total. The van der Waals surface area contributed by atoms with E-state index in [0.29, 0.717) is 17.1 Å². The normalized spacial score (nSPS) is 11.0. The van der Waals surface area contributed by atoms with Gasteiger partial charge >= 0.3 is 12.1 Å². The fraction of sp³-hybridized carbons (Fsp3) is 0.462. The molecule has 1 rings (SSSR count). The van der Waals surface area contributed by atoms with Crippen LogP contribution in [0, 0.1) is 13.8 Å². The Kier molecular flexibility index (Phi) is 4.14. The number of ether oxygens (including phenoxy) is 1. The van der Waals surface area contributed by atoms with Crippen LogP contribution in [0.2, 0.25) is 0 Å². The van der Waals surface area contributed by atoms with Crippen LogP contribution in [0.25, 0.3) is 0 Å². The van der Waals surface area contributed by atoms with Gasteiger partial charge in [0.1, 0.15) is 11.4 Å². The Morgan fingerprint density at radius 1 is 1.32 bits per heavy atom. The third-order valence-corrected chi connectivity index (χ3v) is 2.25. The summed E-state index contributed by atoms with van der Waals surface area (Å²) in [7, 11) is 0. The van der Waals surface area contributed by atoms with Gasteiger partial charge in [-0.05, 0) is 46.2 Å². The molecule has 104 valence electrons. The van der Waals surface area contributed by atoms with Crippen LogP contribution in [0.3, 0.4) is 0 Å². The standard InChI is InChI=1S/C13H18N2O4/c1-7-6-9(11(16)17)8(2)14-10(7)15-12(18)19-13(3,4)5/h6H,1-5H3,(H,16,17)(H,14,15,18). The number of carboxylic acids is 1. The van der Waals surface area contributed by atoms with Crippen molar-refractivity contribution in [1.82, 2.24) is 4.98 Å². The number of anilines is 1. The molecule has 1 heterocycles. The Morgan fingerprint density at radius 3 is 2.37 bits per heavy atom. The maximum absolute atomic E-state index is 11.6. The van der Waals surface area contributed by atoms with E-state index in [9.17, 15) is 9.59 Å². The number of hydrogen-bond donors (Lipinski definition) is 2. The molecule has 0 aliphatic heterocycles. The molecule has 6 heteroatoms. The topological polar surface area (TPSA) is 88.5 Å². The zero-order valence-electron chi connectivity index (χ0n) is 11.7. The molecule has 1 amide bonds. The first-order valence-corrected chi connectivity index (χ1v) is 5.81. The number of pyridine rings is 1. The van der Waals surface area contributed by atoms with Gasteiger partial charge in [-0.2, -0.15) is 0 Å². The summed E-state index contributed by atoms with van der Waals surface area (Å²) in [6, 6.07) is 1.47. The molecule has 0 radical (unpaired) electrons. The molecule has 2 N–H and O–H groups in total. The molecule has 0 aliphatic carbocycles. The monoisotopic (exact) mass is 266 g/mol. The number of rotatable bonds is 2. The second kappa shape index (κ2) is 5.26. The average molecular weight is 266 g/mol. The molecular formula is C13H18N2O4. The maximum atomic E-state index is 11.6. The number of carboxylic acid groups (broad SMARTS) is 1. The molecule has 0 unspecified atom stereocenters. The Labute approximate surface area is 111 Å². The lowest BCUT2D eigenvalue weighted by Gasteiger charge is -2.20. The van der Waals surface area contributed by atoms with E-state index < -0.39 is 17.7 Å². The van der Waals surface area contributed by atoms with E-state index in [-0.39, 0.29) is 5.56 Å². The lowest BCUT2D eigenvalue weighted by molar-refractivity contribution is 0.0634. The van der Waals surface area contributed by atoms with Crippen LogP contribution in [0.1, 0.15) is 42.4 Å². The van der Waals surface area contributed by atoms with E-state index in [1.807, 2.05) is 0 Å². The summed E-state index contributed by atoms with van der Waals surface area (Å²) in [5.41, 5.74) is 0.416. The summed E-state index contributed by atoms with van der Waals surface area (Å²) in [6.45, 7) is 8.51. The molecule has 0 fully saturated rings. The summed E-state index contributed by atoms with van der Waals surface area (Å²) in [6.07, 6.45) is -0.620. The number of carbonyl (C=O) groups is 2. The van der Waals surface area contributed by atoms with Crippen LogP contribution < -0.4 is 5.32 Å². The Bertz CT molecular complexity index is 518. The van der Waals surface area contributed by atoms with E-state index in [1.165, 1.54) is 6.07 Å². The van der Waals surface area contributed by atoms with Crippen molar-refractivity contribution in [2.75, 3.05) is 5.32 Å². The number of aromatic nitrogens is 1. The zero-order chi connectivity index (χ0) is 14.8. The summed E-state index contributed by atoms with van der Waals surface area (Å²) in [4.78, 5) is 26.6. The van der Waals surface area contributed by atoms with Gasteiger partial charge < -0.3 is 9.84 Å². The van der Waals surface area contributed by atoms with Crippen LogP contribution in [0.15, 0.2) is 6.07 Å². The molecule has 19 heavy (non-hydrogen) atoms. The van der Waals surface area contributed by atoms with Gasteiger partial charge in [-0.1, -0.05) is 0 Å². The van der Waals surface area contributed by atoms with Crippen LogP contribution in [-0.4, -0.2) is 27.8 Å². The second-order valence-corrected chi connectivity index (χ2v) is 5.22. The minimum Gasteiger partial charge on any atom is -0.478 e. The first-order valence-electron chi connectivity index (χ1n) is 5.81. The number of nitrogens with zero attached hydrogens (tertiary/aromatic N) is 1. The molecule has 0 aliphatic rings. The molecule has 0 spiro atoms. The van der Waals surface area contributed by atoms with Gasteiger partial charge in [0, 0.05) is 0 Å². The highest BCUT2D eigenvalue weighted by Gasteiger charge is 2.18. The number of carbonyl (C=O) groups excluding carboxylic acids is 1.